The lowest BCUT2D eigenvalue weighted by atomic mass is 10.1. The summed E-state index contributed by atoms with van der Waals surface area (Å²) in [4.78, 5) is 27.0. The van der Waals surface area contributed by atoms with Crippen molar-refractivity contribution >= 4 is 35.2 Å². The van der Waals surface area contributed by atoms with E-state index in [0.29, 0.717) is 28.8 Å². The normalized spacial score (nSPS) is 11.9. The van der Waals surface area contributed by atoms with E-state index in [4.69, 9.17) is 11.6 Å². The number of halogens is 2. The van der Waals surface area contributed by atoms with Gasteiger partial charge in [-0.25, -0.2) is 4.39 Å². The third-order valence-electron chi connectivity index (χ3n) is 4.59. The van der Waals surface area contributed by atoms with E-state index in [2.05, 4.69) is 5.32 Å². The van der Waals surface area contributed by atoms with E-state index in [0.717, 1.165) is 5.56 Å². The smallest absolute Gasteiger partial charge is 0.242 e. The summed E-state index contributed by atoms with van der Waals surface area (Å²) in [5.41, 5.74) is 1.32. The molecule has 2 amide bonds. The van der Waals surface area contributed by atoms with Gasteiger partial charge in [0.1, 0.15) is 11.9 Å². The molecule has 0 aromatic heterocycles. The molecule has 0 aliphatic heterocycles. The van der Waals surface area contributed by atoms with Crippen molar-refractivity contribution < 1.29 is 14.0 Å². The van der Waals surface area contributed by atoms with Crippen LogP contribution in [-0.4, -0.2) is 35.1 Å². The highest BCUT2D eigenvalue weighted by Gasteiger charge is 2.26. The van der Waals surface area contributed by atoms with Crippen LogP contribution < -0.4 is 5.32 Å². The summed E-state index contributed by atoms with van der Waals surface area (Å²) in [6.07, 6.45) is 0. The summed E-state index contributed by atoms with van der Waals surface area (Å²) in [6, 6.07) is 13.1. The number of benzene rings is 2. The number of hydrogen-bond acceptors (Lipinski definition) is 3. The van der Waals surface area contributed by atoms with Crippen LogP contribution in [0.15, 0.2) is 48.5 Å². The number of amides is 2. The molecule has 0 saturated carbocycles. The number of hydrogen-bond donors (Lipinski definition) is 1. The average molecular weight is 451 g/mol. The number of nitrogens with zero attached hydrogens (tertiary/aromatic N) is 1. The van der Waals surface area contributed by atoms with Crippen LogP contribution in [0.1, 0.15) is 31.9 Å². The van der Waals surface area contributed by atoms with Gasteiger partial charge in [-0.3, -0.25) is 9.59 Å². The number of rotatable bonds is 10. The maximum absolute atomic E-state index is 14.2. The van der Waals surface area contributed by atoms with E-state index >= 15 is 0 Å². The van der Waals surface area contributed by atoms with Crippen LogP contribution in [0.5, 0.6) is 0 Å². The molecular weight excluding hydrogens is 423 g/mol. The van der Waals surface area contributed by atoms with Gasteiger partial charge in [0.25, 0.3) is 0 Å². The van der Waals surface area contributed by atoms with Crippen LogP contribution in [0.25, 0.3) is 0 Å². The molecule has 4 nitrogen and oxygen atoms in total. The first-order valence-electron chi connectivity index (χ1n) is 9.91. The molecule has 2 aromatic rings. The molecule has 0 aliphatic rings. The Bertz CT molecular complexity index is 863. The first kappa shape index (κ1) is 24.2. The fourth-order valence-electron chi connectivity index (χ4n) is 2.79. The topological polar surface area (TPSA) is 49.4 Å². The Morgan fingerprint density at radius 3 is 2.33 bits per heavy atom. The van der Waals surface area contributed by atoms with Gasteiger partial charge in [0.2, 0.25) is 11.8 Å². The molecule has 7 heteroatoms. The molecule has 0 aliphatic carbocycles. The predicted molar refractivity (Wildman–Crippen MR) is 122 cm³/mol. The van der Waals surface area contributed by atoms with Crippen molar-refractivity contribution in [2.75, 3.05) is 12.3 Å². The van der Waals surface area contributed by atoms with Gasteiger partial charge in [0.15, 0.2) is 0 Å². The minimum atomic E-state index is -0.711. The second kappa shape index (κ2) is 12.0. The maximum Gasteiger partial charge on any atom is 0.242 e. The molecule has 0 fully saturated rings. The molecule has 2 rings (SSSR count). The van der Waals surface area contributed by atoms with Crippen LogP contribution in [0, 0.1) is 11.7 Å². The zero-order valence-electron chi connectivity index (χ0n) is 17.5. The summed E-state index contributed by atoms with van der Waals surface area (Å²) < 4.78 is 14.2. The fourth-order valence-corrected chi connectivity index (χ4v) is 3.99. The summed E-state index contributed by atoms with van der Waals surface area (Å²) in [5.74, 6) is 0.179. The Hall–Kier alpha value is -2.05. The zero-order valence-corrected chi connectivity index (χ0v) is 19.1. The van der Waals surface area contributed by atoms with E-state index in [1.807, 2.05) is 38.1 Å². The zero-order chi connectivity index (χ0) is 22.1. The minimum Gasteiger partial charge on any atom is -0.354 e. The molecule has 1 unspecified atom stereocenters. The van der Waals surface area contributed by atoms with Gasteiger partial charge < -0.3 is 10.2 Å². The number of thioether (sulfide) groups is 1. The van der Waals surface area contributed by atoms with E-state index < -0.39 is 11.9 Å². The summed E-state index contributed by atoms with van der Waals surface area (Å²) in [6.45, 7) is 6.23. The Morgan fingerprint density at radius 2 is 1.70 bits per heavy atom. The largest absolute Gasteiger partial charge is 0.354 e. The molecular formula is C23H28ClFN2O2S. The molecule has 0 bridgehead atoms. The van der Waals surface area contributed by atoms with Gasteiger partial charge >= 0.3 is 0 Å². The molecule has 1 N–H and O–H groups in total. The van der Waals surface area contributed by atoms with Crippen molar-refractivity contribution in [3.8, 4) is 0 Å². The van der Waals surface area contributed by atoms with Gasteiger partial charge in [-0.15, -0.1) is 11.8 Å². The first-order chi connectivity index (χ1) is 14.3. The molecule has 30 heavy (non-hydrogen) atoms. The third-order valence-corrected chi connectivity index (χ3v) is 5.93. The van der Waals surface area contributed by atoms with Crippen LogP contribution >= 0.6 is 23.4 Å². The van der Waals surface area contributed by atoms with Crippen molar-refractivity contribution in [3.05, 3.63) is 70.5 Å². The quantitative estimate of drug-likeness (QED) is 0.560. The second-order valence-electron chi connectivity index (χ2n) is 7.51. The Kier molecular flexibility index (Phi) is 9.66. The molecule has 1 atom stereocenters. The molecule has 162 valence electrons. The van der Waals surface area contributed by atoms with Crippen molar-refractivity contribution in [1.82, 2.24) is 10.2 Å². The lowest BCUT2D eigenvalue weighted by molar-refractivity contribution is -0.138. The van der Waals surface area contributed by atoms with Crippen molar-refractivity contribution in [3.63, 3.8) is 0 Å². The van der Waals surface area contributed by atoms with Crippen molar-refractivity contribution in [1.29, 1.82) is 0 Å². The monoisotopic (exact) mass is 450 g/mol. The SMILES string of the molecule is CC(C)CNC(=O)C(C)N(Cc1ccccc1F)C(=O)CSCc1ccccc1Cl. The Labute approximate surface area is 187 Å². The molecule has 0 spiro atoms. The van der Waals surface area contributed by atoms with E-state index in [9.17, 15) is 14.0 Å². The molecule has 0 saturated heterocycles. The van der Waals surface area contributed by atoms with Gasteiger partial charge in [-0.2, -0.15) is 0 Å². The van der Waals surface area contributed by atoms with Crippen LogP contribution in [0.4, 0.5) is 4.39 Å². The van der Waals surface area contributed by atoms with Gasteiger partial charge in [0, 0.05) is 29.4 Å². The average Bonchev–Trinajstić information content (AvgIpc) is 2.72. The van der Waals surface area contributed by atoms with Crippen LogP contribution in [0.2, 0.25) is 5.02 Å². The predicted octanol–water partition coefficient (Wildman–Crippen LogP) is 4.90. The summed E-state index contributed by atoms with van der Waals surface area (Å²) in [5, 5.41) is 3.51. The van der Waals surface area contributed by atoms with Crippen molar-refractivity contribution in [2.24, 2.45) is 5.92 Å². The van der Waals surface area contributed by atoms with Gasteiger partial charge in [0.05, 0.1) is 5.75 Å². The standard InChI is InChI=1S/C23H28ClFN2O2S/c1-16(2)12-26-23(29)17(3)27(13-18-8-5-7-11-21(18)25)22(28)15-30-14-19-9-4-6-10-20(19)24/h4-11,16-17H,12-15H2,1-3H3,(H,26,29). The lowest BCUT2D eigenvalue weighted by Crippen LogP contribution is -2.48. The molecule has 0 radical (unpaired) electrons. The van der Waals surface area contributed by atoms with Crippen LogP contribution in [-0.2, 0) is 21.9 Å². The lowest BCUT2D eigenvalue weighted by Gasteiger charge is -2.29. The minimum absolute atomic E-state index is 0.0361. The Balaban J connectivity index is 2.08. The summed E-state index contributed by atoms with van der Waals surface area (Å²) in [7, 11) is 0. The third kappa shape index (κ3) is 7.33. The summed E-state index contributed by atoms with van der Waals surface area (Å²) >= 11 is 7.59. The molecule has 2 aromatic carbocycles. The van der Waals surface area contributed by atoms with E-state index in [-0.39, 0.29) is 24.1 Å². The van der Waals surface area contributed by atoms with Gasteiger partial charge in [-0.05, 0) is 30.5 Å². The van der Waals surface area contributed by atoms with Crippen molar-refractivity contribution in [2.45, 2.75) is 39.1 Å². The molecule has 0 heterocycles. The fraction of sp³-hybridized carbons (Fsp3) is 0.391. The first-order valence-corrected chi connectivity index (χ1v) is 11.4. The maximum atomic E-state index is 14.2. The number of carbonyl (C=O) groups excluding carboxylic acids is 2. The van der Waals surface area contributed by atoms with Gasteiger partial charge in [-0.1, -0.05) is 61.8 Å². The van der Waals surface area contributed by atoms with E-state index in [1.54, 1.807) is 25.1 Å². The number of nitrogens with one attached hydrogen (secondary N) is 1. The van der Waals surface area contributed by atoms with E-state index in [1.165, 1.54) is 22.7 Å². The second-order valence-corrected chi connectivity index (χ2v) is 8.91. The number of carbonyl (C=O) groups is 2. The highest BCUT2D eigenvalue weighted by Crippen LogP contribution is 2.22. The van der Waals surface area contributed by atoms with Crippen LogP contribution in [0.3, 0.4) is 0 Å². The Morgan fingerprint density at radius 1 is 1.07 bits per heavy atom. The highest BCUT2D eigenvalue weighted by molar-refractivity contribution is 7.99. The highest BCUT2D eigenvalue weighted by atomic mass is 35.5.